The Morgan fingerprint density at radius 3 is 2.70 bits per heavy atom. The van der Waals surface area contributed by atoms with Gasteiger partial charge in [-0.15, -0.1) is 0 Å². The first kappa shape index (κ1) is 18.7. The quantitative estimate of drug-likeness (QED) is 0.535. The summed E-state index contributed by atoms with van der Waals surface area (Å²) in [7, 11) is 1.31. The number of carbonyl (C=O) groups excluding carboxylic acids is 2. The van der Waals surface area contributed by atoms with Crippen LogP contribution in [0, 0.1) is 6.92 Å². The molecule has 0 bridgehead atoms. The van der Waals surface area contributed by atoms with E-state index < -0.39 is 5.97 Å². The lowest BCUT2D eigenvalue weighted by molar-refractivity contribution is 0.0602. The number of carbonyl (C=O) groups is 2. The molecule has 1 heterocycles. The van der Waals surface area contributed by atoms with E-state index in [1.54, 1.807) is 30.5 Å². The van der Waals surface area contributed by atoms with Crippen molar-refractivity contribution in [3.8, 4) is 5.69 Å². The molecular formula is C20H19N3O3S. The Kier molecular flexibility index (Phi) is 5.61. The number of amides is 1. The number of hydrogen-bond acceptors (Lipinski definition) is 5. The molecule has 0 unspecified atom stereocenters. The van der Waals surface area contributed by atoms with Crippen molar-refractivity contribution in [3.05, 3.63) is 71.5 Å². The summed E-state index contributed by atoms with van der Waals surface area (Å²) in [5.74, 6) is -0.798. The molecule has 3 aromatic rings. The van der Waals surface area contributed by atoms with Crippen LogP contribution in [0.15, 0.2) is 60.0 Å². The summed E-state index contributed by atoms with van der Waals surface area (Å²) in [6, 6.07) is 12.4. The van der Waals surface area contributed by atoms with E-state index in [-0.39, 0.29) is 5.91 Å². The molecular weight excluding hydrogens is 362 g/mol. The summed E-state index contributed by atoms with van der Waals surface area (Å²) in [5, 5.41) is 3.67. The highest BCUT2D eigenvalue weighted by Crippen LogP contribution is 2.23. The van der Waals surface area contributed by atoms with E-state index >= 15 is 0 Å². The molecule has 27 heavy (non-hydrogen) atoms. The predicted octanol–water partition coefficient (Wildman–Crippen LogP) is 3.94. The largest absolute Gasteiger partial charge is 0.465 e. The number of methoxy groups -OCH3 is 1. The number of nitrogens with zero attached hydrogens (tertiary/aromatic N) is 2. The first-order chi connectivity index (χ1) is 13.0. The number of hydrogen-bond donors (Lipinski definition) is 1. The number of imidazole rings is 1. The maximum Gasteiger partial charge on any atom is 0.339 e. The van der Waals surface area contributed by atoms with Gasteiger partial charge in [-0.25, -0.2) is 9.78 Å². The standard InChI is InChI=1S/C20H19N3O3S/c1-13-6-4-9-16(19(25)26-2)17(13)22-18(24)14-7-5-8-15(12-14)23-11-10-21-20(23)27-3/h4-12H,1-3H3,(H,22,24). The average molecular weight is 381 g/mol. The summed E-state index contributed by atoms with van der Waals surface area (Å²) in [6.45, 7) is 1.83. The lowest BCUT2D eigenvalue weighted by Gasteiger charge is -2.13. The molecule has 7 heteroatoms. The van der Waals surface area contributed by atoms with Crippen LogP contribution in [0.3, 0.4) is 0 Å². The Bertz CT molecular complexity index is 998. The monoisotopic (exact) mass is 381 g/mol. The van der Waals surface area contributed by atoms with Gasteiger partial charge in [0.1, 0.15) is 0 Å². The number of benzene rings is 2. The first-order valence-electron chi connectivity index (χ1n) is 8.22. The number of thioether (sulfide) groups is 1. The van der Waals surface area contributed by atoms with Crippen LogP contribution in [0.5, 0.6) is 0 Å². The normalized spacial score (nSPS) is 10.5. The van der Waals surface area contributed by atoms with Crippen LogP contribution >= 0.6 is 11.8 Å². The molecule has 6 nitrogen and oxygen atoms in total. The Balaban J connectivity index is 1.93. The van der Waals surface area contributed by atoms with E-state index in [9.17, 15) is 9.59 Å². The van der Waals surface area contributed by atoms with E-state index in [1.807, 2.05) is 42.1 Å². The Hall–Kier alpha value is -3.06. The van der Waals surface area contributed by atoms with Gasteiger partial charge in [0.25, 0.3) is 5.91 Å². The number of aryl methyl sites for hydroxylation is 1. The molecule has 0 aliphatic carbocycles. The van der Waals surface area contributed by atoms with Crippen LogP contribution in [0.1, 0.15) is 26.3 Å². The molecule has 138 valence electrons. The van der Waals surface area contributed by atoms with Gasteiger partial charge in [-0.1, -0.05) is 30.0 Å². The minimum atomic E-state index is -0.495. The highest BCUT2D eigenvalue weighted by atomic mass is 32.2. The second-order valence-electron chi connectivity index (χ2n) is 5.78. The van der Waals surface area contributed by atoms with Crippen molar-refractivity contribution in [2.24, 2.45) is 0 Å². The van der Waals surface area contributed by atoms with Gasteiger partial charge >= 0.3 is 5.97 Å². The van der Waals surface area contributed by atoms with E-state index in [0.717, 1.165) is 16.4 Å². The molecule has 1 aromatic heterocycles. The SMILES string of the molecule is COC(=O)c1cccc(C)c1NC(=O)c1cccc(-n2ccnc2SC)c1. The van der Waals surface area contributed by atoms with Gasteiger partial charge in [0.05, 0.1) is 18.4 Å². The van der Waals surface area contributed by atoms with Crippen molar-refractivity contribution in [3.63, 3.8) is 0 Å². The molecule has 0 aliphatic rings. The Labute approximate surface area is 161 Å². The minimum absolute atomic E-state index is 0.304. The van der Waals surface area contributed by atoms with Crippen LogP contribution in [0.4, 0.5) is 5.69 Å². The van der Waals surface area contributed by atoms with Gasteiger partial charge < -0.3 is 10.1 Å². The van der Waals surface area contributed by atoms with Crippen LogP contribution in [-0.2, 0) is 4.74 Å². The summed E-state index contributed by atoms with van der Waals surface area (Å²) in [5.41, 5.74) is 2.87. The van der Waals surface area contributed by atoms with Gasteiger partial charge in [-0.3, -0.25) is 9.36 Å². The first-order valence-corrected chi connectivity index (χ1v) is 9.44. The Morgan fingerprint density at radius 2 is 1.96 bits per heavy atom. The molecule has 0 atom stereocenters. The zero-order chi connectivity index (χ0) is 19.4. The zero-order valence-corrected chi connectivity index (χ0v) is 16.0. The van der Waals surface area contributed by atoms with Gasteiger partial charge in [0.15, 0.2) is 5.16 Å². The lowest BCUT2D eigenvalue weighted by Crippen LogP contribution is -2.16. The van der Waals surface area contributed by atoms with Crippen molar-refractivity contribution in [2.45, 2.75) is 12.1 Å². The third-order valence-electron chi connectivity index (χ3n) is 4.09. The topological polar surface area (TPSA) is 73.2 Å². The maximum atomic E-state index is 12.8. The number of aromatic nitrogens is 2. The van der Waals surface area contributed by atoms with Crippen molar-refractivity contribution >= 4 is 29.3 Å². The molecule has 0 saturated carbocycles. The van der Waals surface area contributed by atoms with Gasteiger partial charge in [-0.05, 0) is 43.0 Å². The van der Waals surface area contributed by atoms with Gasteiger partial charge in [-0.2, -0.15) is 0 Å². The van der Waals surface area contributed by atoms with Gasteiger partial charge in [0.2, 0.25) is 0 Å². The van der Waals surface area contributed by atoms with E-state index in [0.29, 0.717) is 16.8 Å². The smallest absolute Gasteiger partial charge is 0.339 e. The van der Waals surface area contributed by atoms with Crippen LogP contribution in [0.25, 0.3) is 5.69 Å². The lowest BCUT2D eigenvalue weighted by atomic mass is 10.1. The number of rotatable bonds is 5. The summed E-state index contributed by atoms with van der Waals surface area (Å²) < 4.78 is 6.72. The van der Waals surface area contributed by atoms with Crippen LogP contribution < -0.4 is 5.32 Å². The molecule has 0 fully saturated rings. The van der Waals surface area contributed by atoms with Gasteiger partial charge in [0, 0.05) is 23.6 Å². The third kappa shape index (κ3) is 3.88. The van der Waals surface area contributed by atoms with E-state index in [4.69, 9.17) is 4.74 Å². The predicted molar refractivity (Wildman–Crippen MR) is 106 cm³/mol. The second kappa shape index (κ2) is 8.09. The maximum absolute atomic E-state index is 12.8. The number of para-hydroxylation sites is 1. The number of anilines is 1. The third-order valence-corrected chi connectivity index (χ3v) is 4.76. The Morgan fingerprint density at radius 1 is 1.19 bits per heavy atom. The van der Waals surface area contributed by atoms with Crippen LogP contribution in [0.2, 0.25) is 0 Å². The van der Waals surface area contributed by atoms with Crippen molar-refractivity contribution in [1.82, 2.24) is 9.55 Å². The summed E-state index contributed by atoms with van der Waals surface area (Å²) >= 11 is 1.52. The zero-order valence-electron chi connectivity index (χ0n) is 15.2. The van der Waals surface area contributed by atoms with E-state index in [1.165, 1.54) is 18.9 Å². The number of ether oxygens (including phenoxy) is 1. The summed E-state index contributed by atoms with van der Waals surface area (Å²) in [4.78, 5) is 29.1. The fourth-order valence-corrected chi connectivity index (χ4v) is 3.26. The van der Waals surface area contributed by atoms with Crippen molar-refractivity contribution in [2.75, 3.05) is 18.7 Å². The molecule has 1 amide bonds. The minimum Gasteiger partial charge on any atom is -0.465 e. The van der Waals surface area contributed by atoms with Crippen molar-refractivity contribution in [1.29, 1.82) is 0 Å². The number of esters is 1. The highest BCUT2D eigenvalue weighted by molar-refractivity contribution is 7.98. The highest BCUT2D eigenvalue weighted by Gasteiger charge is 2.17. The van der Waals surface area contributed by atoms with Crippen molar-refractivity contribution < 1.29 is 14.3 Å². The molecule has 0 radical (unpaired) electrons. The molecule has 2 aromatic carbocycles. The molecule has 0 aliphatic heterocycles. The molecule has 1 N–H and O–H groups in total. The molecule has 0 spiro atoms. The molecule has 0 saturated heterocycles. The number of nitrogens with one attached hydrogen (secondary N) is 1. The average Bonchev–Trinajstić information content (AvgIpc) is 3.17. The van der Waals surface area contributed by atoms with E-state index in [2.05, 4.69) is 10.3 Å². The fraction of sp³-hybridized carbons (Fsp3) is 0.150. The summed E-state index contributed by atoms with van der Waals surface area (Å²) in [6.07, 6.45) is 5.51. The van der Waals surface area contributed by atoms with Crippen LogP contribution in [-0.4, -0.2) is 34.8 Å². The molecule has 3 rings (SSSR count). The second-order valence-corrected chi connectivity index (χ2v) is 6.55. The fourth-order valence-electron chi connectivity index (χ4n) is 2.73.